The Morgan fingerprint density at radius 2 is 1.42 bits per heavy atom. The largest absolute Gasteiger partial charge is 0.496 e. The Hall–Kier alpha value is -2.29. The van der Waals surface area contributed by atoms with Gasteiger partial charge in [0.1, 0.15) is 5.75 Å². The van der Waals surface area contributed by atoms with Gasteiger partial charge in [0.2, 0.25) is 0 Å². The van der Waals surface area contributed by atoms with Gasteiger partial charge in [0.15, 0.2) is 5.78 Å². The maximum Gasteiger partial charge on any atom is 0.193 e. The lowest BCUT2D eigenvalue weighted by Gasteiger charge is -2.29. The number of ether oxygens (including phenoxy) is 1. The summed E-state index contributed by atoms with van der Waals surface area (Å²) in [6.45, 7) is 0. The highest BCUT2D eigenvalue weighted by atomic mass is 35.5. The topological polar surface area (TPSA) is 26.3 Å². The lowest BCUT2D eigenvalue weighted by Crippen LogP contribution is -2.22. The third kappa shape index (κ3) is 2.70. The van der Waals surface area contributed by atoms with Gasteiger partial charge in [-0.05, 0) is 41.3 Å². The van der Waals surface area contributed by atoms with Crippen LogP contribution < -0.4 is 4.74 Å². The zero-order valence-electron chi connectivity index (χ0n) is 14.1. The third-order valence-electron chi connectivity index (χ3n) is 4.91. The van der Waals surface area contributed by atoms with E-state index in [1.807, 2.05) is 60.7 Å². The molecule has 0 spiro atoms. The van der Waals surface area contributed by atoms with Gasteiger partial charge in [0.25, 0.3) is 0 Å². The maximum absolute atomic E-state index is 13.0. The molecule has 26 heavy (non-hydrogen) atoms. The normalized spacial score (nSPS) is 13.3. The summed E-state index contributed by atoms with van der Waals surface area (Å²) in [6, 6.07) is 18.8. The standard InChI is InChI=1S/C22H16Cl2O2/c1-26-19-11-3-2-6-13(19)12-16-20-14(7-4-9-17(20)23)22(25)15-8-5-10-18(24)21(15)16/h2-11,16H,12H2,1H3. The zero-order valence-corrected chi connectivity index (χ0v) is 15.6. The molecule has 0 saturated heterocycles. The molecule has 4 heteroatoms. The van der Waals surface area contributed by atoms with Crippen LogP contribution in [0, 0.1) is 0 Å². The maximum atomic E-state index is 13.0. The SMILES string of the molecule is COc1ccccc1CC1c2c(Cl)cccc2C(=O)c2cccc(Cl)c21. The summed E-state index contributed by atoms with van der Waals surface area (Å²) < 4.78 is 5.51. The van der Waals surface area contributed by atoms with E-state index in [1.165, 1.54) is 0 Å². The second-order valence-corrected chi connectivity index (χ2v) is 7.11. The Bertz CT molecular complexity index is 955. The number of benzene rings is 3. The minimum absolute atomic E-state index is 0.0312. The molecule has 1 aliphatic carbocycles. The van der Waals surface area contributed by atoms with E-state index in [-0.39, 0.29) is 11.7 Å². The molecule has 0 bridgehead atoms. The van der Waals surface area contributed by atoms with E-state index in [1.54, 1.807) is 7.11 Å². The number of carbonyl (C=O) groups excluding carboxylic acids is 1. The van der Waals surface area contributed by atoms with Gasteiger partial charge in [-0.25, -0.2) is 0 Å². The average Bonchev–Trinajstić information content (AvgIpc) is 2.65. The van der Waals surface area contributed by atoms with E-state index in [9.17, 15) is 4.79 Å². The molecular formula is C22H16Cl2O2. The van der Waals surface area contributed by atoms with Crippen molar-refractivity contribution < 1.29 is 9.53 Å². The highest BCUT2D eigenvalue weighted by Gasteiger charge is 2.34. The second kappa shape index (κ2) is 6.79. The molecule has 3 aromatic rings. The molecule has 2 nitrogen and oxygen atoms in total. The van der Waals surface area contributed by atoms with Gasteiger partial charge < -0.3 is 4.74 Å². The Labute approximate surface area is 162 Å². The predicted molar refractivity (Wildman–Crippen MR) is 105 cm³/mol. The smallest absolute Gasteiger partial charge is 0.193 e. The summed E-state index contributed by atoms with van der Waals surface area (Å²) in [6.07, 6.45) is 0.644. The molecule has 0 atom stereocenters. The van der Waals surface area contributed by atoms with E-state index in [0.717, 1.165) is 22.4 Å². The summed E-state index contributed by atoms with van der Waals surface area (Å²) in [4.78, 5) is 13.0. The molecule has 0 N–H and O–H groups in total. The molecule has 0 aliphatic heterocycles. The fraction of sp³-hybridized carbons (Fsp3) is 0.136. The first-order valence-electron chi connectivity index (χ1n) is 8.35. The number of hydrogen-bond donors (Lipinski definition) is 0. The first kappa shape index (κ1) is 17.1. The highest BCUT2D eigenvalue weighted by molar-refractivity contribution is 6.34. The van der Waals surface area contributed by atoms with Crippen LogP contribution >= 0.6 is 23.2 Å². The Kier molecular flexibility index (Phi) is 4.47. The summed E-state index contributed by atoms with van der Waals surface area (Å²) in [5.74, 6) is 0.666. The molecule has 1 aliphatic rings. The van der Waals surface area contributed by atoms with Crippen molar-refractivity contribution in [2.24, 2.45) is 0 Å². The minimum Gasteiger partial charge on any atom is -0.496 e. The number of ketones is 1. The summed E-state index contributed by atoms with van der Waals surface area (Å²) in [7, 11) is 1.66. The van der Waals surface area contributed by atoms with Crippen molar-refractivity contribution in [3.63, 3.8) is 0 Å². The van der Waals surface area contributed by atoms with Crippen LogP contribution in [0.25, 0.3) is 0 Å². The predicted octanol–water partition coefficient (Wildman–Crippen LogP) is 5.92. The van der Waals surface area contributed by atoms with E-state index in [2.05, 4.69) is 0 Å². The molecular weight excluding hydrogens is 367 g/mol. The van der Waals surface area contributed by atoms with Crippen LogP contribution in [0.2, 0.25) is 10.0 Å². The van der Waals surface area contributed by atoms with Crippen LogP contribution in [-0.4, -0.2) is 12.9 Å². The quantitative estimate of drug-likeness (QED) is 0.561. The molecule has 0 saturated carbocycles. The van der Waals surface area contributed by atoms with E-state index >= 15 is 0 Å². The van der Waals surface area contributed by atoms with Gasteiger partial charge in [-0.3, -0.25) is 4.79 Å². The first-order valence-corrected chi connectivity index (χ1v) is 9.10. The lowest BCUT2D eigenvalue weighted by molar-refractivity contribution is 0.103. The van der Waals surface area contributed by atoms with Crippen molar-refractivity contribution in [3.05, 3.63) is 98.5 Å². The fourth-order valence-electron chi connectivity index (χ4n) is 3.76. The zero-order chi connectivity index (χ0) is 18.3. The first-order chi connectivity index (χ1) is 12.6. The van der Waals surface area contributed by atoms with Crippen LogP contribution in [0.5, 0.6) is 5.75 Å². The summed E-state index contributed by atoms with van der Waals surface area (Å²) in [5.41, 5.74) is 4.02. The molecule has 0 unspecified atom stereocenters. The van der Waals surface area contributed by atoms with Crippen LogP contribution in [0.4, 0.5) is 0 Å². The average molecular weight is 383 g/mol. The molecule has 0 radical (unpaired) electrons. The van der Waals surface area contributed by atoms with E-state index < -0.39 is 0 Å². The third-order valence-corrected chi connectivity index (χ3v) is 5.57. The molecule has 0 heterocycles. The number of carbonyl (C=O) groups is 1. The second-order valence-electron chi connectivity index (χ2n) is 6.30. The molecule has 130 valence electrons. The number of hydrogen-bond acceptors (Lipinski definition) is 2. The van der Waals surface area contributed by atoms with Crippen molar-refractivity contribution >= 4 is 29.0 Å². The van der Waals surface area contributed by atoms with Gasteiger partial charge in [0.05, 0.1) is 7.11 Å². The van der Waals surface area contributed by atoms with Crippen LogP contribution in [-0.2, 0) is 6.42 Å². The van der Waals surface area contributed by atoms with Crippen molar-refractivity contribution in [1.29, 1.82) is 0 Å². The van der Waals surface area contributed by atoms with Crippen molar-refractivity contribution in [1.82, 2.24) is 0 Å². The number of fused-ring (bicyclic) bond motifs is 2. The number of para-hydroxylation sites is 1. The Morgan fingerprint density at radius 1 is 0.846 bits per heavy atom. The summed E-state index contributed by atoms with van der Waals surface area (Å²) in [5, 5.41) is 1.17. The van der Waals surface area contributed by atoms with Gasteiger partial charge in [0, 0.05) is 27.1 Å². The highest BCUT2D eigenvalue weighted by Crippen LogP contribution is 2.45. The van der Waals surface area contributed by atoms with Crippen molar-refractivity contribution in [2.75, 3.05) is 7.11 Å². The number of halogens is 2. The van der Waals surface area contributed by atoms with Crippen LogP contribution in [0.15, 0.2) is 60.7 Å². The summed E-state index contributed by atoms with van der Waals surface area (Å²) >= 11 is 13.1. The van der Waals surface area contributed by atoms with Crippen molar-refractivity contribution in [2.45, 2.75) is 12.3 Å². The van der Waals surface area contributed by atoms with Gasteiger partial charge in [-0.2, -0.15) is 0 Å². The molecule has 0 amide bonds. The molecule has 3 aromatic carbocycles. The molecule has 0 aromatic heterocycles. The van der Waals surface area contributed by atoms with Gasteiger partial charge in [-0.1, -0.05) is 65.7 Å². The molecule has 4 rings (SSSR count). The van der Waals surface area contributed by atoms with Crippen molar-refractivity contribution in [3.8, 4) is 5.75 Å². The Balaban J connectivity index is 1.95. The van der Waals surface area contributed by atoms with Crippen LogP contribution in [0.1, 0.15) is 38.5 Å². The van der Waals surface area contributed by atoms with E-state index in [4.69, 9.17) is 27.9 Å². The Morgan fingerprint density at radius 3 is 2.00 bits per heavy atom. The van der Waals surface area contributed by atoms with E-state index in [0.29, 0.717) is 27.6 Å². The minimum atomic E-state index is -0.114. The monoisotopic (exact) mass is 382 g/mol. The number of rotatable bonds is 3. The van der Waals surface area contributed by atoms with Gasteiger partial charge >= 0.3 is 0 Å². The lowest BCUT2D eigenvalue weighted by atomic mass is 9.74. The van der Waals surface area contributed by atoms with Crippen LogP contribution in [0.3, 0.4) is 0 Å². The fourth-order valence-corrected chi connectivity index (χ4v) is 4.38. The van der Waals surface area contributed by atoms with Gasteiger partial charge in [-0.15, -0.1) is 0 Å². The molecule has 0 fully saturated rings. The number of methoxy groups -OCH3 is 1.